The summed E-state index contributed by atoms with van der Waals surface area (Å²) in [6.07, 6.45) is 0. The fraction of sp³-hybridized carbons (Fsp3) is 0.118. The Hall–Kier alpha value is -3.15. The third-order valence-electron chi connectivity index (χ3n) is 3.22. The minimum atomic E-state index is -1.47. The first-order chi connectivity index (χ1) is 11.0. The number of rotatable bonds is 3. The summed E-state index contributed by atoms with van der Waals surface area (Å²) in [5.41, 5.74) is 1.98. The van der Waals surface area contributed by atoms with E-state index in [0.29, 0.717) is 12.2 Å². The quantitative estimate of drug-likeness (QED) is 0.666. The molecular formula is C17H14O6. The molecule has 0 fully saturated rings. The average molecular weight is 314 g/mol. The highest BCUT2D eigenvalue weighted by Gasteiger charge is 2.27. The lowest BCUT2D eigenvalue weighted by molar-refractivity contribution is -0.150. The lowest BCUT2D eigenvalue weighted by Gasteiger charge is -2.06. The van der Waals surface area contributed by atoms with E-state index in [1.54, 1.807) is 24.3 Å². The van der Waals surface area contributed by atoms with Crippen molar-refractivity contribution in [3.63, 3.8) is 0 Å². The van der Waals surface area contributed by atoms with Crippen LogP contribution in [0.25, 0.3) is 0 Å². The van der Waals surface area contributed by atoms with Crippen molar-refractivity contribution in [2.24, 2.45) is 0 Å². The molecule has 0 unspecified atom stereocenters. The lowest BCUT2D eigenvalue weighted by atomic mass is 10.00. The summed E-state index contributed by atoms with van der Waals surface area (Å²) in [7, 11) is 0. The number of esters is 1. The fourth-order valence-corrected chi connectivity index (χ4v) is 2.10. The molecule has 0 atom stereocenters. The van der Waals surface area contributed by atoms with Gasteiger partial charge in [0.2, 0.25) is 0 Å². The maximum Gasteiger partial charge on any atom is 0.338 e. The number of carboxylic acids is 2. The molecule has 0 bridgehead atoms. The summed E-state index contributed by atoms with van der Waals surface area (Å²) in [5.74, 6) is -4.37. The maximum absolute atomic E-state index is 10.8. The van der Waals surface area contributed by atoms with Crippen LogP contribution < -0.4 is 0 Å². The van der Waals surface area contributed by atoms with E-state index in [2.05, 4.69) is 0 Å². The summed E-state index contributed by atoms with van der Waals surface area (Å²) in [6.45, 7) is 0.439. The van der Waals surface area contributed by atoms with Gasteiger partial charge in [-0.05, 0) is 11.6 Å². The minimum absolute atomic E-state index is 0.199. The molecule has 1 aliphatic rings. The van der Waals surface area contributed by atoms with E-state index >= 15 is 0 Å². The average Bonchev–Trinajstić information content (AvgIpc) is 2.90. The predicted molar refractivity (Wildman–Crippen MR) is 80.0 cm³/mol. The molecule has 1 heterocycles. The molecule has 118 valence electrons. The van der Waals surface area contributed by atoms with Crippen LogP contribution in [0.3, 0.4) is 0 Å². The first-order valence-corrected chi connectivity index (χ1v) is 6.76. The molecule has 2 aromatic carbocycles. The van der Waals surface area contributed by atoms with Crippen molar-refractivity contribution < 1.29 is 29.3 Å². The van der Waals surface area contributed by atoms with Crippen LogP contribution in [0.5, 0.6) is 0 Å². The van der Waals surface area contributed by atoms with E-state index in [-0.39, 0.29) is 11.5 Å². The Morgan fingerprint density at radius 2 is 1.48 bits per heavy atom. The van der Waals surface area contributed by atoms with Crippen molar-refractivity contribution >= 4 is 17.9 Å². The zero-order chi connectivity index (χ0) is 16.8. The molecular weight excluding hydrogens is 300 g/mol. The van der Waals surface area contributed by atoms with Gasteiger partial charge in [0.05, 0.1) is 5.56 Å². The van der Waals surface area contributed by atoms with E-state index in [0.717, 1.165) is 5.56 Å². The SMILES string of the molecule is O=C(O)C(C(=O)O)c1ccccc1.O=C1OCc2ccccc21. The molecule has 23 heavy (non-hydrogen) atoms. The molecule has 0 saturated carbocycles. The van der Waals surface area contributed by atoms with Gasteiger partial charge in [-0.2, -0.15) is 0 Å². The standard InChI is InChI=1S/C9H8O4.C8H6O2/c10-8(11)7(9(12)13)6-4-2-1-3-5-6;9-8-7-4-2-1-3-6(7)5-10-8/h1-5,7H,(H,10,11)(H,12,13);1-4H,5H2. The second kappa shape index (κ2) is 7.22. The Kier molecular flexibility index (Phi) is 5.09. The molecule has 0 aliphatic carbocycles. The molecule has 6 nitrogen and oxygen atoms in total. The summed E-state index contributed by atoms with van der Waals surface area (Å²) in [6, 6.07) is 15.3. The fourth-order valence-electron chi connectivity index (χ4n) is 2.10. The van der Waals surface area contributed by atoms with Crippen molar-refractivity contribution in [3.8, 4) is 0 Å². The molecule has 3 rings (SSSR count). The third kappa shape index (κ3) is 3.94. The number of hydrogen-bond donors (Lipinski definition) is 2. The van der Waals surface area contributed by atoms with Gasteiger partial charge in [0.25, 0.3) is 0 Å². The largest absolute Gasteiger partial charge is 0.480 e. The Balaban J connectivity index is 0.000000172. The number of hydrogen-bond acceptors (Lipinski definition) is 4. The van der Waals surface area contributed by atoms with Gasteiger partial charge >= 0.3 is 17.9 Å². The van der Waals surface area contributed by atoms with Crippen molar-refractivity contribution in [3.05, 3.63) is 71.3 Å². The van der Waals surface area contributed by atoms with Crippen molar-refractivity contribution in [1.29, 1.82) is 0 Å². The first-order valence-electron chi connectivity index (χ1n) is 6.76. The second-order valence-corrected chi connectivity index (χ2v) is 4.75. The highest BCUT2D eigenvalue weighted by atomic mass is 16.5. The van der Waals surface area contributed by atoms with Crippen molar-refractivity contribution in [1.82, 2.24) is 0 Å². The summed E-state index contributed by atoms with van der Waals surface area (Å²) >= 11 is 0. The van der Waals surface area contributed by atoms with E-state index in [9.17, 15) is 14.4 Å². The Bertz CT molecular complexity index is 709. The highest BCUT2D eigenvalue weighted by molar-refractivity contribution is 5.98. The van der Waals surface area contributed by atoms with Crippen molar-refractivity contribution in [2.75, 3.05) is 0 Å². The number of carbonyl (C=O) groups is 3. The molecule has 2 aromatic rings. The topological polar surface area (TPSA) is 101 Å². The normalized spacial score (nSPS) is 12.0. The molecule has 6 heteroatoms. The number of cyclic esters (lactones) is 1. The number of carboxylic acid groups (broad SMARTS) is 2. The number of carbonyl (C=O) groups excluding carboxylic acids is 1. The van der Waals surface area contributed by atoms with Gasteiger partial charge in [0, 0.05) is 5.56 Å². The highest BCUT2D eigenvalue weighted by Crippen LogP contribution is 2.18. The minimum Gasteiger partial charge on any atom is -0.480 e. The number of aliphatic carboxylic acids is 2. The molecule has 0 spiro atoms. The van der Waals surface area contributed by atoms with Crippen LogP contribution in [0.4, 0.5) is 0 Å². The van der Waals surface area contributed by atoms with Gasteiger partial charge in [-0.25, -0.2) is 4.79 Å². The van der Waals surface area contributed by atoms with Crippen molar-refractivity contribution in [2.45, 2.75) is 12.5 Å². The van der Waals surface area contributed by atoms with Gasteiger partial charge in [-0.1, -0.05) is 48.5 Å². The lowest BCUT2D eigenvalue weighted by Crippen LogP contribution is -2.20. The number of ether oxygens (including phenoxy) is 1. The van der Waals surface area contributed by atoms with Crippen LogP contribution >= 0.6 is 0 Å². The van der Waals surface area contributed by atoms with Gasteiger partial charge in [-0.3, -0.25) is 9.59 Å². The van der Waals surface area contributed by atoms with E-state index in [1.807, 2.05) is 18.2 Å². The monoisotopic (exact) mass is 314 g/mol. The predicted octanol–water partition coefficient (Wildman–Crippen LogP) is 2.30. The number of fused-ring (bicyclic) bond motifs is 1. The van der Waals surface area contributed by atoms with Crippen LogP contribution in [-0.2, 0) is 20.9 Å². The molecule has 0 amide bonds. The summed E-state index contributed by atoms with van der Waals surface area (Å²) in [5, 5.41) is 17.2. The summed E-state index contributed by atoms with van der Waals surface area (Å²) < 4.78 is 4.78. The van der Waals surface area contributed by atoms with Crippen LogP contribution in [0.1, 0.15) is 27.4 Å². The molecule has 0 radical (unpaired) electrons. The van der Waals surface area contributed by atoms with Crippen LogP contribution in [0.15, 0.2) is 54.6 Å². The Morgan fingerprint density at radius 3 is 2.04 bits per heavy atom. The molecule has 0 saturated heterocycles. The van der Waals surface area contributed by atoms with Gasteiger partial charge in [0.1, 0.15) is 6.61 Å². The van der Waals surface area contributed by atoms with E-state index in [4.69, 9.17) is 14.9 Å². The van der Waals surface area contributed by atoms with Crippen LogP contribution in [0.2, 0.25) is 0 Å². The molecule has 1 aliphatic heterocycles. The Morgan fingerprint density at radius 1 is 0.913 bits per heavy atom. The van der Waals surface area contributed by atoms with Crippen LogP contribution in [0, 0.1) is 0 Å². The third-order valence-corrected chi connectivity index (χ3v) is 3.22. The van der Waals surface area contributed by atoms with Gasteiger partial charge in [0.15, 0.2) is 5.92 Å². The van der Waals surface area contributed by atoms with Crippen LogP contribution in [-0.4, -0.2) is 28.1 Å². The summed E-state index contributed by atoms with van der Waals surface area (Å²) in [4.78, 5) is 32.0. The van der Waals surface area contributed by atoms with Gasteiger partial charge in [-0.15, -0.1) is 0 Å². The van der Waals surface area contributed by atoms with E-state index in [1.165, 1.54) is 12.1 Å². The molecule has 0 aromatic heterocycles. The zero-order valence-corrected chi connectivity index (χ0v) is 12.0. The van der Waals surface area contributed by atoms with E-state index < -0.39 is 17.9 Å². The maximum atomic E-state index is 10.8. The zero-order valence-electron chi connectivity index (χ0n) is 12.0. The first kappa shape index (κ1) is 16.2. The number of benzene rings is 2. The molecule has 2 N–H and O–H groups in total. The Labute approximate surface area is 131 Å². The second-order valence-electron chi connectivity index (χ2n) is 4.75. The smallest absolute Gasteiger partial charge is 0.338 e. The van der Waals surface area contributed by atoms with Gasteiger partial charge < -0.3 is 14.9 Å².